The molecule has 7 heteroatoms. The second-order valence-corrected chi connectivity index (χ2v) is 9.55. The van der Waals surface area contributed by atoms with Gasteiger partial charge in [-0.15, -0.1) is 0 Å². The normalized spacial score (nSPS) is 19.9. The van der Waals surface area contributed by atoms with Crippen LogP contribution in [0.3, 0.4) is 0 Å². The molecular formula is C18H27N3O3S. The van der Waals surface area contributed by atoms with Gasteiger partial charge in [0, 0.05) is 13.1 Å². The van der Waals surface area contributed by atoms with E-state index in [-0.39, 0.29) is 23.8 Å². The van der Waals surface area contributed by atoms with Crippen LogP contribution >= 0.6 is 0 Å². The molecule has 1 unspecified atom stereocenters. The molecule has 0 aromatic heterocycles. The second kappa shape index (κ2) is 7.66. The smallest absolute Gasteiger partial charge is 0.244 e. The molecule has 1 aliphatic heterocycles. The van der Waals surface area contributed by atoms with E-state index in [1.807, 2.05) is 24.3 Å². The molecule has 1 aromatic rings. The van der Waals surface area contributed by atoms with E-state index in [0.717, 1.165) is 5.56 Å². The highest BCUT2D eigenvalue weighted by Gasteiger charge is 2.29. The molecule has 1 saturated heterocycles. The zero-order valence-corrected chi connectivity index (χ0v) is 16.1. The Morgan fingerprint density at radius 3 is 2.48 bits per heavy atom. The van der Waals surface area contributed by atoms with Crippen LogP contribution in [0, 0.1) is 5.92 Å². The molecule has 1 fully saturated rings. The van der Waals surface area contributed by atoms with E-state index in [1.54, 1.807) is 6.21 Å². The Kier molecular flexibility index (Phi) is 6.00. The molecule has 1 aliphatic rings. The third kappa shape index (κ3) is 5.64. The Hall–Kier alpha value is -1.73. The van der Waals surface area contributed by atoms with Gasteiger partial charge in [-0.2, -0.15) is 5.10 Å². The van der Waals surface area contributed by atoms with Crippen LogP contribution in [0.25, 0.3) is 0 Å². The first-order valence-corrected chi connectivity index (χ1v) is 10.3. The van der Waals surface area contributed by atoms with E-state index >= 15 is 0 Å². The maximum absolute atomic E-state index is 12.2. The van der Waals surface area contributed by atoms with Gasteiger partial charge in [-0.25, -0.2) is 18.1 Å². The highest BCUT2D eigenvalue weighted by atomic mass is 32.2. The van der Waals surface area contributed by atoms with E-state index in [0.29, 0.717) is 19.4 Å². The van der Waals surface area contributed by atoms with Crippen LogP contribution < -0.4 is 5.43 Å². The lowest BCUT2D eigenvalue weighted by Gasteiger charge is -2.29. The van der Waals surface area contributed by atoms with Gasteiger partial charge < -0.3 is 0 Å². The number of sulfonamides is 1. The SMILES string of the molecule is CC(C)(C)c1ccc(C=NNC(=O)C2CCCN(S(C)(=O)=O)C2)cc1. The summed E-state index contributed by atoms with van der Waals surface area (Å²) in [7, 11) is -3.26. The molecule has 0 saturated carbocycles. The summed E-state index contributed by atoms with van der Waals surface area (Å²) >= 11 is 0. The molecule has 138 valence electrons. The third-order valence-corrected chi connectivity index (χ3v) is 5.66. The maximum atomic E-state index is 12.2. The van der Waals surface area contributed by atoms with Crippen LogP contribution in [-0.4, -0.2) is 44.2 Å². The van der Waals surface area contributed by atoms with Gasteiger partial charge in [-0.05, 0) is 29.4 Å². The summed E-state index contributed by atoms with van der Waals surface area (Å²) in [4.78, 5) is 12.2. The number of hydrogen-bond acceptors (Lipinski definition) is 4. The Labute approximate surface area is 150 Å². The number of rotatable bonds is 4. The zero-order valence-electron chi connectivity index (χ0n) is 15.3. The van der Waals surface area contributed by atoms with Gasteiger partial charge in [0.05, 0.1) is 18.4 Å². The first-order valence-electron chi connectivity index (χ1n) is 8.46. The van der Waals surface area contributed by atoms with Crippen molar-refractivity contribution < 1.29 is 13.2 Å². The number of benzene rings is 1. The molecular weight excluding hydrogens is 338 g/mol. The number of hydrogen-bond donors (Lipinski definition) is 1. The minimum Gasteiger partial charge on any atom is -0.273 e. The molecule has 1 atom stereocenters. The molecule has 0 spiro atoms. The van der Waals surface area contributed by atoms with Crippen LogP contribution in [0.4, 0.5) is 0 Å². The standard InChI is InChI=1S/C18H27N3O3S/c1-18(2,3)16-9-7-14(8-10-16)12-19-20-17(22)15-6-5-11-21(13-15)25(4,23)24/h7-10,12,15H,5-6,11,13H2,1-4H3,(H,20,22). The lowest BCUT2D eigenvalue weighted by molar-refractivity contribution is -0.126. The van der Waals surface area contributed by atoms with Crippen molar-refractivity contribution in [3.05, 3.63) is 35.4 Å². The molecule has 1 aromatic carbocycles. The van der Waals surface area contributed by atoms with Crippen molar-refractivity contribution in [2.45, 2.75) is 39.0 Å². The zero-order chi connectivity index (χ0) is 18.7. The van der Waals surface area contributed by atoms with Crippen molar-refractivity contribution in [2.75, 3.05) is 19.3 Å². The first kappa shape index (κ1) is 19.6. The lowest BCUT2D eigenvalue weighted by atomic mass is 9.87. The van der Waals surface area contributed by atoms with Gasteiger partial charge in [0.2, 0.25) is 15.9 Å². The van der Waals surface area contributed by atoms with E-state index < -0.39 is 10.0 Å². The summed E-state index contributed by atoms with van der Waals surface area (Å²) in [6, 6.07) is 8.02. The number of piperidine rings is 1. The minimum absolute atomic E-state index is 0.0936. The minimum atomic E-state index is -3.26. The fraction of sp³-hybridized carbons (Fsp3) is 0.556. The summed E-state index contributed by atoms with van der Waals surface area (Å²) in [6.45, 7) is 7.16. The van der Waals surface area contributed by atoms with E-state index in [4.69, 9.17) is 0 Å². The van der Waals surface area contributed by atoms with Crippen LogP contribution in [-0.2, 0) is 20.2 Å². The Morgan fingerprint density at radius 2 is 1.92 bits per heavy atom. The molecule has 6 nitrogen and oxygen atoms in total. The number of nitrogens with zero attached hydrogens (tertiary/aromatic N) is 2. The number of carbonyl (C=O) groups is 1. The number of nitrogens with one attached hydrogen (secondary N) is 1. The molecule has 0 aliphatic carbocycles. The highest BCUT2D eigenvalue weighted by Crippen LogP contribution is 2.22. The fourth-order valence-corrected chi connectivity index (χ4v) is 3.70. The summed E-state index contributed by atoms with van der Waals surface area (Å²) < 4.78 is 24.6. The summed E-state index contributed by atoms with van der Waals surface area (Å²) in [5.74, 6) is -0.597. The van der Waals surface area contributed by atoms with Crippen molar-refractivity contribution in [1.29, 1.82) is 0 Å². The molecule has 1 N–H and O–H groups in total. The van der Waals surface area contributed by atoms with E-state index in [9.17, 15) is 13.2 Å². The first-order chi connectivity index (χ1) is 11.6. The largest absolute Gasteiger partial charge is 0.273 e. The maximum Gasteiger partial charge on any atom is 0.244 e. The summed E-state index contributed by atoms with van der Waals surface area (Å²) in [6.07, 6.45) is 4.13. The topological polar surface area (TPSA) is 78.8 Å². The molecule has 25 heavy (non-hydrogen) atoms. The highest BCUT2D eigenvalue weighted by molar-refractivity contribution is 7.88. The number of amides is 1. The third-order valence-electron chi connectivity index (χ3n) is 4.39. The van der Waals surface area contributed by atoms with Gasteiger partial charge in [0.1, 0.15) is 0 Å². The Morgan fingerprint density at radius 1 is 1.28 bits per heavy atom. The van der Waals surface area contributed by atoms with Crippen LogP contribution in [0.1, 0.15) is 44.7 Å². The summed E-state index contributed by atoms with van der Waals surface area (Å²) in [5, 5.41) is 4.00. The summed E-state index contributed by atoms with van der Waals surface area (Å²) in [5.41, 5.74) is 4.75. The predicted octanol–water partition coefficient (Wildman–Crippen LogP) is 2.11. The fourth-order valence-electron chi connectivity index (χ4n) is 2.79. The van der Waals surface area contributed by atoms with Crippen molar-refractivity contribution in [3.8, 4) is 0 Å². The molecule has 1 heterocycles. The molecule has 0 bridgehead atoms. The van der Waals surface area contributed by atoms with E-state index in [2.05, 4.69) is 31.3 Å². The second-order valence-electron chi connectivity index (χ2n) is 7.57. The van der Waals surface area contributed by atoms with Gasteiger partial charge in [0.25, 0.3) is 0 Å². The monoisotopic (exact) mass is 365 g/mol. The average Bonchev–Trinajstić information content (AvgIpc) is 2.54. The number of carbonyl (C=O) groups excluding carboxylic acids is 1. The Balaban J connectivity index is 1.92. The molecule has 1 amide bonds. The van der Waals surface area contributed by atoms with Crippen molar-refractivity contribution in [2.24, 2.45) is 11.0 Å². The van der Waals surface area contributed by atoms with Gasteiger partial charge >= 0.3 is 0 Å². The van der Waals surface area contributed by atoms with Gasteiger partial charge in [-0.3, -0.25) is 4.79 Å². The van der Waals surface area contributed by atoms with Gasteiger partial charge in [-0.1, -0.05) is 45.0 Å². The van der Waals surface area contributed by atoms with Crippen molar-refractivity contribution in [3.63, 3.8) is 0 Å². The molecule has 0 radical (unpaired) electrons. The van der Waals surface area contributed by atoms with Gasteiger partial charge in [0.15, 0.2) is 0 Å². The van der Waals surface area contributed by atoms with Crippen LogP contribution in [0.15, 0.2) is 29.4 Å². The van der Waals surface area contributed by atoms with Crippen molar-refractivity contribution in [1.82, 2.24) is 9.73 Å². The Bertz CT molecular complexity index is 734. The lowest BCUT2D eigenvalue weighted by Crippen LogP contribution is -2.44. The average molecular weight is 365 g/mol. The predicted molar refractivity (Wildman–Crippen MR) is 100 cm³/mol. The quantitative estimate of drug-likeness (QED) is 0.656. The number of hydrazone groups is 1. The molecule has 2 rings (SSSR count). The van der Waals surface area contributed by atoms with Crippen molar-refractivity contribution >= 4 is 22.1 Å². The van der Waals surface area contributed by atoms with Crippen LogP contribution in [0.2, 0.25) is 0 Å². The van der Waals surface area contributed by atoms with E-state index in [1.165, 1.54) is 16.1 Å². The van der Waals surface area contributed by atoms with Crippen LogP contribution in [0.5, 0.6) is 0 Å².